The van der Waals surface area contributed by atoms with Crippen molar-refractivity contribution in [1.82, 2.24) is 0 Å². The largest absolute Gasteiger partial charge is 0.394 e. The van der Waals surface area contributed by atoms with Crippen LogP contribution in [0.1, 0.15) is 6.42 Å². The normalized spacial score (nSPS) is 13.5. The molecule has 3 nitrogen and oxygen atoms in total. The number of hydrogen-bond acceptors (Lipinski definition) is 3. The Kier molecular flexibility index (Phi) is 6.79. The maximum atomic E-state index is 11.4. The summed E-state index contributed by atoms with van der Waals surface area (Å²) in [7, 11) is 0. The van der Waals surface area contributed by atoms with Crippen LogP contribution in [0.5, 0.6) is 0 Å². The van der Waals surface area contributed by atoms with Crippen molar-refractivity contribution in [2.45, 2.75) is 12.5 Å². The van der Waals surface area contributed by atoms with Crippen LogP contribution >= 0.6 is 0 Å². The van der Waals surface area contributed by atoms with E-state index >= 15 is 0 Å². The van der Waals surface area contributed by atoms with Gasteiger partial charge in [-0.15, -0.1) is 0 Å². The fourth-order valence-corrected chi connectivity index (χ4v) is 0.429. The van der Waals surface area contributed by atoms with E-state index in [0.717, 1.165) is 0 Å². The molecule has 0 saturated carbocycles. The summed E-state index contributed by atoms with van der Waals surface area (Å²) in [6.45, 7) is -0.338. The topological polar surface area (TPSA) is 49.7 Å². The molecule has 0 radical (unpaired) electrons. The molecule has 4 heteroatoms. The molecule has 0 aromatic heterocycles. The van der Waals surface area contributed by atoms with Gasteiger partial charge < -0.3 is 14.9 Å². The van der Waals surface area contributed by atoms with Crippen LogP contribution in [0, 0.1) is 0 Å². The third-order valence-corrected chi connectivity index (χ3v) is 0.943. The SMILES string of the molecule is OC[C@@H](O)COCCCF. The molecule has 2 N–H and O–H groups in total. The fraction of sp³-hybridized carbons (Fsp3) is 1.00. The minimum absolute atomic E-state index is 0.0799. The fourth-order valence-electron chi connectivity index (χ4n) is 0.429. The van der Waals surface area contributed by atoms with Gasteiger partial charge in [-0.25, -0.2) is 0 Å². The van der Waals surface area contributed by atoms with Crippen molar-refractivity contribution < 1.29 is 19.3 Å². The Labute approximate surface area is 59.4 Å². The second-order valence-corrected chi connectivity index (χ2v) is 1.95. The van der Waals surface area contributed by atoms with Crippen LogP contribution in [0.15, 0.2) is 0 Å². The molecule has 10 heavy (non-hydrogen) atoms. The monoisotopic (exact) mass is 152 g/mol. The van der Waals surface area contributed by atoms with Crippen molar-refractivity contribution in [1.29, 1.82) is 0 Å². The second-order valence-electron chi connectivity index (χ2n) is 1.95. The van der Waals surface area contributed by atoms with Gasteiger partial charge in [0.05, 0.1) is 19.9 Å². The summed E-state index contributed by atoms with van der Waals surface area (Å²) in [6, 6.07) is 0. The van der Waals surface area contributed by atoms with Crippen LogP contribution in [-0.2, 0) is 4.74 Å². The summed E-state index contributed by atoms with van der Waals surface area (Å²) in [5.41, 5.74) is 0. The second kappa shape index (κ2) is 6.92. The molecule has 0 unspecified atom stereocenters. The minimum atomic E-state index is -0.834. The van der Waals surface area contributed by atoms with Gasteiger partial charge in [-0.3, -0.25) is 4.39 Å². The number of ether oxygens (including phenoxy) is 1. The lowest BCUT2D eigenvalue weighted by Gasteiger charge is -2.06. The Bertz CT molecular complexity index is 70.0. The van der Waals surface area contributed by atoms with E-state index in [2.05, 4.69) is 0 Å². The Morgan fingerprint density at radius 3 is 2.70 bits per heavy atom. The first-order valence-electron chi connectivity index (χ1n) is 3.24. The van der Waals surface area contributed by atoms with E-state index in [0.29, 0.717) is 13.0 Å². The maximum Gasteiger partial charge on any atom is 0.100 e. The first-order chi connectivity index (χ1) is 4.81. The summed E-state index contributed by atoms with van der Waals surface area (Å²) in [6.07, 6.45) is -0.488. The van der Waals surface area contributed by atoms with Crippen molar-refractivity contribution >= 4 is 0 Å². The molecule has 62 valence electrons. The molecule has 0 aromatic carbocycles. The highest BCUT2D eigenvalue weighted by molar-refractivity contribution is 4.48. The molecule has 0 rings (SSSR count). The minimum Gasteiger partial charge on any atom is -0.394 e. The van der Waals surface area contributed by atoms with Gasteiger partial charge in [-0.2, -0.15) is 0 Å². The number of aliphatic hydroxyl groups is 2. The first kappa shape index (κ1) is 9.81. The van der Waals surface area contributed by atoms with Crippen LogP contribution in [-0.4, -0.2) is 42.8 Å². The number of aliphatic hydroxyl groups excluding tert-OH is 2. The molecule has 0 amide bonds. The lowest BCUT2D eigenvalue weighted by Crippen LogP contribution is -2.19. The van der Waals surface area contributed by atoms with E-state index in [9.17, 15) is 4.39 Å². The Balaban J connectivity index is 2.89. The quantitative estimate of drug-likeness (QED) is 0.514. The van der Waals surface area contributed by atoms with Gasteiger partial charge in [-0.1, -0.05) is 0 Å². The zero-order valence-corrected chi connectivity index (χ0v) is 5.79. The molecule has 0 aromatic rings. The number of alkyl halides is 1. The van der Waals surface area contributed by atoms with Crippen molar-refractivity contribution in [2.24, 2.45) is 0 Å². The molecule has 0 heterocycles. The van der Waals surface area contributed by atoms with Crippen LogP contribution in [0.2, 0.25) is 0 Å². The standard InChI is InChI=1S/C6H13FO3/c7-2-1-3-10-5-6(9)4-8/h6,8-9H,1-5H2/t6-/m1/s1. The summed E-state index contributed by atoms with van der Waals surface area (Å²) >= 11 is 0. The van der Waals surface area contributed by atoms with E-state index in [1.54, 1.807) is 0 Å². The molecular formula is C6H13FO3. The van der Waals surface area contributed by atoms with Crippen LogP contribution in [0.3, 0.4) is 0 Å². The van der Waals surface area contributed by atoms with E-state index in [-0.39, 0.29) is 13.2 Å². The van der Waals surface area contributed by atoms with Gasteiger partial charge in [0.15, 0.2) is 0 Å². The average Bonchev–Trinajstić information content (AvgIpc) is 1.98. The van der Waals surface area contributed by atoms with E-state index < -0.39 is 12.8 Å². The Morgan fingerprint density at radius 1 is 1.50 bits per heavy atom. The van der Waals surface area contributed by atoms with Crippen LogP contribution in [0.4, 0.5) is 4.39 Å². The Hall–Kier alpha value is -0.190. The van der Waals surface area contributed by atoms with Gasteiger partial charge in [0.1, 0.15) is 6.10 Å². The third kappa shape index (κ3) is 5.94. The van der Waals surface area contributed by atoms with Crippen LogP contribution < -0.4 is 0 Å². The summed E-state index contributed by atoms with van der Waals surface area (Å²) < 4.78 is 16.2. The highest BCUT2D eigenvalue weighted by atomic mass is 19.1. The van der Waals surface area contributed by atoms with Crippen molar-refractivity contribution in [3.8, 4) is 0 Å². The molecule has 0 aliphatic heterocycles. The third-order valence-electron chi connectivity index (χ3n) is 0.943. The van der Waals surface area contributed by atoms with Crippen LogP contribution in [0.25, 0.3) is 0 Å². The van der Waals surface area contributed by atoms with Gasteiger partial charge in [0.2, 0.25) is 0 Å². The van der Waals surface area contributed by atoms with Gasteiger partial charge >= 0.3 is 0 Å². The van der Waals surface area contributed by atoms with E-state index in [1.165, 1.54) is 0 Å². The zero-order valence-electron chi connectivity index (χ0n) is 5.79. The predicted molar refractivity (Wildman–Crippen MR) is 34.5 cm³/mol. The van der Waals surface area contributed by atoms with Gasteiger partial charge in [0.25, 0.3) is 0 Å². The summed E-state index contributed by atoms with van der Waals surface area (Å²) in [5.74, 6) is 0. The molecule has 0 saturated heterocycles. The summed E-state index contributed by atoms with van der Waals surface area (Å²) in [5, 5.41) is 17.0. The zero-order chi connectivity index (χ0) is 7.82. The predicted octanol–water partition coefficient (Wildman–Crippen LogP) is -0.284. The molecule has 0 spiro atoms. The molecule has 0 bridgehead atoms. The highest BCUT2D eigenvalue weighted by Crippen LogP contribution is 1.86. The van der Waals surface area contributed by atoms with Crippen molar-refractivity contribution in [3.05, 3.63) is 0 Å². The number of halogens is 1. The maximum absolute atomic E-state index is 11.4. The first-order valence-corrected chi connectivity index (χ1v) is 3.24. The number of rotatable bonds is 6. The molecule has 0 aliphatic carbocycles. The molecule has 0 aliphatic rings. The van der Waals surface area contributed by atoms with E-state index in [1.807, 2.05) is 0 Å². The van der Waals surface area contributed by atoms with Crippen molar-refractivity contribution in [3.63, 3.8) is 0 Å². The number of hydrogen-bond donors (Lipinski definition) is 2. The molecule has 0 fully saturated rings. The lowest BCUT2D eigenvalue weighted by atomic mass is 10.4. The summed E-state index contributed by atoms with van der Waals surface area (Å²) in [4.78, 5) is 0. The molecule has 1 atom stereocenters. The lowest BCUT2D eigenvalue weighted by molar-refractivity contribution is 0.00467. The Morgan fingerprint density at radius 2 is 2.20 bits per heavy atom. The average molecular weight is 152 g/mol. The van der Waals surface area contributed by atoms with Crippen molar-refractivity contribution in [2.75, 3.05) is 26.5 Å². The van der Waals surface area contributed by atoms with E-state index in [4.69, 9.17) is 14.9 Å². The molecular weight excluding hydrogens is 139 g/mol. The smallest absolute Gasteiger partial charge is 0.100 e. The van der Waals surface area contributed by atoms with Gasteiger partial charge in [0, 0.05) is 6.61 Å². The highest BCUT2D eigenvalue weighted by Gasteiger charge is 1.99. The van der Waals surface area contributed by atoms with Gasteiger partial charge in [-0.05, 0) is 6.42 Å².